The lowest BCUT2D eigenvalue weighted by atomic mass is 10.1. The average Bonchev–Trinajstić information content (AvgIpc) is 3.24. The van der Waals surface area contributed by atoms with Gasteiger partial charge >= 0.3 is 0 Å². The third kappa shape index (κ3) is 3.32. The van der Waals surface area contributed by atoms with Crippen molar-refractivity contribution in [3.8, 4) is 5.69 Å². The van der Waals surface area contributed by atoms with Gasteiger partial charge in [0.05, 0.1) is 5.69 Å². The molecule has 0 N–H and O–H groups in total. The third-order valence-electron chi connectivity index (χ3n) is 5.79. The largest absolute Gasteiger partial charge is 0.341 e. The van der Waals surface area contributed by atoms with E-state index in [9.17, 15) is 9.59 Å². The second kappa shape index (κ2) is 7.78. The molecule has 2 amide bonds. The van der Waals surface area contributed by atoms with Crippen molar-refractivity contribution in [2.45, 2.75) is 46.0 Å². The molecule has 148 valence electrons. The van der Waals surface area contributed by atoms with Gasteiger partial charge in [-0.3, -0.25) is 9.59 Å². The SMILES string of the molecule is CCCN1CCCN(C(=O)c2nn(-c3ccccc3C)c3c2CCC3)CC1=O. The molecular weight excluding hydrogens is 352 g/mol. The number of aryl methyl sites for hydroxylation is 1. The fraction of sp³-hybridized carbons (Fsp3) is 0.500. The molecule has 1 aromatic heterocycles. The zero-order valence-corrected chi connectivity index (χ0v) is 16.8. The maximum Gasteiger partial charge on any atom is 0.275 e. The number of carbonyl (C=O) groups excluding carboxylic acids is 2. The number of aromatic nitrogens is 2. The Balaban J connectivity index is 1.65. The molecule has 0 bridgehead atoms. The fourth-order valence-corrected chi connectivity index (χ4v) is 4.36. The maximum absolute atomic E-state index is 13.3. The molecule has 0 radical (unpaired) electrons. The first-order chi connectivity index (χ1) is 13.6. The first kappa shape index (κ1) is 18.7. The predicted molar refractivity (Wildman–Crippen MR) is 108 cm³/mol. The molecule has 28 heavy (non-hydrogen) atoms. The highest BCUT2D eigenvalue weighted by molar-refractivity contribution is 5.96. The molecule has 0 unspecified atom stereocenters. The summed E-state index contributed by atoms with van der Waals surface area (Å²) in [5.41, 5.74) is 4.91. The molecule has 0 spiro atoms. The molecule has 4 rings (SSSR count). The van der Waals surface area contributed by atoms with Gasteiger partial charge in [-0.1, -0.05) is 25.1 Å². The Bertz CT molecular complexity index is 902. The molecule has 1 aliphatic carbocycles. The number of hydrogen-bond donors (Lipinski definition) is 0. The van der Waals surface area contributed by atoms with Gasteiger partial charge in [-0.05, 0) is 50.7 Å². The van der Waals surface area contributed by atoms with E-state index in [1.807, 2.05) is 27.8 Å². The standard InChI is InChI=1S/C22H28N4O2/c1-3-12-24-13-7-14-25(15-20(24)27)22(28)21-17-9-6-11-19(17)26(23-21)18-10-5-4-8-16(18)2/h4-5,8,10H,3,6-7,9,11-15H2,1-2H3. The lowest BCUT2D eigenvalue weighted by Gasteiger charge is -2.21. The number of carbonyl (C=O) groups is 2. The van der Waals surface area contributed by atoms with E-state index in [0.29, 0.717) is 12.2 Å². The van der Waals surface area contributed by atoms with Crippen LogP contribution < -0.4 is 0 Å². The molecule has 0 atom stereocenters. The molecule has 2 aliphatic rings. The van der Waals surface area contributed by atoms with Crippen molar-refractivity contribution < 1.29 is 9.59 Å². The van der Waals surface area contributed by atoms with E-state index in [1.165, 1.54) is 0 Å². The second-order valence-electron chi connectivity index (χ2n) is 7.79. The molecule has 2 aromatic rings. The van der Waals surface area contributed by atoms with Crippen LogP contribution in [0.4, 0.5) is 0 Å². The molecule has 6 heteroatoms. The van der Waals surface area contributed by atoms with Crippen LogP contribution in [0.2, 0.25) is 0 Å². The number of hydrogen-bond acceptors (Lipinski definition) is 3. The van der Waals surface area contributed by atoms with Gasteiger partial charge in [-0.2, -0.15) is 5.10 Å². The Kier molecular flexibility index (Phi) is 5.20. The normalized spacial score (nSPS) is 17.0. The topological polar surface area (TPSA) is 58.4 Å². The van der Waals surface area contributed by atoms with Gasteiger partial charge in [0.2, 0.25) is 5.91 Å². The summed E-state index contributed by atoms with van der Waals surface area (Å²) in [5.74, 6) is -0.0557. The van der Waals surface area contributed by atoms with Gasteiger partial charge in [0.1, 0.15) is 6.54 Å². The highest BCUT2D eigenvalue weighted by atomic mass is 16.2. The highest BCUT2D eigenvalue weighted by Crippen LogP contribution is 2.29. The minimum atomic E-state index is -0.0998. The molecule has 2 heterocycles. The first-order valence-corrected chi connectivity index (χ1v) is 10.3. The molecule has 1 fully saturated rings. The van der Waals surface area contributed by atoms with Crippen LogP contribution in [0.25, 0.3) is 5.69 Å². The van der Waals surface area contributed by atoms with Crippen LogP contribution in [0.5, 0.6) is 0 Å². The van der Waals surface area contributed by atoms with E-state index in [-0.39, 0.29) is 18.4 Å². The van der Waals surface area contributed by atoms with Crippen LogP contribution >= 0.6 is 0 Å². The Labute approximate surface area is 166 Å². The van der Waals surface area contributed by atoms with Crippen LogP contribution in [0.1, 0.15) is 53.5 Å². The minimum absolute atomic E-state index is 0.0441. The number of amides is 2. The molecule has 6 nitrogen and oxygen atoms in total. The number of rotatable bonds is 4. The van der Waals surface area contributed by atoms with Gasteiger partial charge < -0.3 is 9.80 Å². The summed E-state index contributed by atoms with van der Waals surface area (Å²) in [6.07, 6.45) is 4.62. The van der Waals surface area contributed by atoms with Crippen molar-refractivity contribution in [3.63, 3.8) is 0 Å². The predicted octanol–water partition coefficient (Wildman–Crippen LogP) is 2.75. The van der Waals surface area contributed by atoms with Crippen molar-refractivity contribution in [1.82, 2.24) is 19.6 Å². The lowest BCUT2D eigenvalue weighted by Crippen LogP contribution is -2.40. The molecule has 1 aromatic carbocycles. The van der Waals surface area contributed by atoms with E-state index < -0.39 is 0 Å². The van der Waals surface area contributed by atoms with Gasteiger partial charge in [-0.25, -0.2) is 4.68 Å². The van der Waals surface area contributed by atoms with E-state index in [2.05, 4.69) is 19.9 Å². The number of para-hydroxylation sites is 1. The van der Waals surface area contributed by atoms with Gasteiger partial charge in [0, 0.05) is 30.9 Å². The smallest absolute Gasteiger partial charge is 0.275 e. The summed E-state index contributed by atoms with van der Waals surface area (Å²) in [5, 5.41) is 4.75. The van der Waals surface area contributed by atoms with Gasteiger partial charge in [0.15, 0.2) is 5.69 Å². The molecule has 0 saturated carbocycles. The summed E-state index contributed by atoms with van der Waals surface area (Å²) >= 11 is 0. The average molecular weight is 380 g/mol. The van der Waals surface area contributed by atoms with Crippen molar-refractivity contribution in [2.24, 2.45) is 0 Å². The summed E-state index contributed by atoms with van der Waals surface area (Å²) in [6.45, 7) is 6.39. The third-order valence-corrected chi connectivity index (χ3v) is 5.79. The van der Waals surface area contributed by atoms with Crippen molar-refractivity contribution in [2.75, 3.05) is 26.2 Å². The fourth-order valence-electron chi connectivity index (χ4n) is 4.36. The van der Waals surface area contributed by atoms with Crippen molar-refractivity contribution in [1.29, 1.82) is 0 Å². The number of nitrogens with zero attached hydrogens (tertiary/aromatic N) is 4. The Morgan fingerprint density at radius 2 is 1.96 bits per heavy atom. The van der Waals surface area contributed by atoms with Crippen LogP contribution in [0.3, 0.4) is 0 Å². The Morgan fingerprint density at radius 1 is 1.14 bits per heavy atom. The lowest BCUT2D eigenvalue weighted by molar-refractivity contribution is -0.130. The summed E-state index contributed by atoms with van der Waals surface area (Å²) < 4.78 is 1.95. The number of benzene rings is 1. The number of fused-ring (bicyclic) bond motifs is 1. The molecular formula is C22H28N4O2. The van der Waals surface area contributed by atoms with Gasteiger partial charge in [-0.15, -0.1) is 0 Å². The summed E-state index contributed by atoms with van der Waals surface area (Å²) in [6, 6.07) is 8.13. The quantitative estimate of drug-likeness (QED) is 0.820. The van der Waals surface area contributed by atoms with Crippen LogP contribution in [0.15, 0.2) is 24.3 Å². The monoisotopic (exact) mass is 380 g/mol. The van der Waals surface area contributed by atoms with Crippen LogP contribution in [-0.4, -0.2) is 57.6 Å². The van der Waals surface area contributed by atoms with E-state index in [0.717, 1.165) is 67.7 Å². The molecule has 1 aliphatic heterocycles. The Hall–Kier alpha value is -2.63. The molecule has 1 saturated heterocycles. The zero-order chi connectivity index (χ0) is 19.7. The minimum Gasteiger partial charge on any atom is -0.341 e. The van der Waals surface area contributed by atoms with Crippen molar-refractivity contribution in [3.05, 3.63) is 46.8 Å². The van der Waals surface area contributed by atoms with Crippen molar-refractivity contribution >= 4 is 11.8 Å². The van der Waals surface area contributed by atoms with E-state index >= 15 is 0 Å². The highest BCUT2D eigenvalue weighted by Gasteiger charge is 2.32. The Morgan fingerprint density at radius 3 is 2.75 bits per heavy atom. The van der Waals surface area contributed by atoms with Crippen LogP contribution in [-0.2, 0) is 17.6 Å². The first-order valence-electron chi connectivity index (χ1n) is 10.3. The zero-order valence-electron chi connectivity index (χ0n) is 16.8. The summed E-state index contributed by atoms with van der Waals surface area (Å²) in [4.78, 5) is 29.5. The van der Waals surface area contributed by atoms with E-state index in [4.69, 9.17) is 5.10 Å². The van der Waals surface area contributed by atoms with Gasteiger partial charge in [0.25, 0.3) is 5.91 Å². The maximum atomic E-state index is 13.3. The van der Waals surface area contributed by atoms with E-state index in [1.54, 1.807) is 4.90 Å². The summed E-state index contributed by atoms with van der Waals surface area (Å²) in [7, 11) is 0. The van der Waals surface area contributed by atoms with Crippen LogP contribution in [0, 0.1) is 6.92 Å². The second-order valence-corrected chi connectivity index (χ2v) is 7.79.